The van der Waals surface area contributed by atoms with Gasteiger partial charge >= 0.3 is 5.88 Å². The summed E-state index contributed by atoms with van der Waals surface area (Å²) >= 11 is 0. The molecule has 15 heavy (non-hydrogen) atoms. The highest BCUT2D eigenvalue weighted by molar-refractivity contribution is 5.55. The van der Waals surface area contributed by atoms with Crippen LogP contribution in [-0.4, -0.2) is 15.1 Å². The van der Waals surface area contributed by atoms with E-state index in [0.717, 1.165) is 0 Å². The van der Waals surface area contributed by atoms with Crippen LogP contribution in [0.1, 0.15) is 5.69 Å². The Hall–Kier alpha value is -2.62. The van der Waals surface area contributed by atoms with E-state index >= 15 is 0 Å². The van der Waals surface area contributed by atoms with E-state index in [1.165, 1.54) is 18.2 Å². The number of rotatable bonds is 2. The van der Waals surface area contributed by atoms with Crippen molar-refractivity contribution in [1.29, 1.82) is 5.26 Å². The summed E-state index contributed by atoms with van der Waals surface area (Å²) in [6.07, 6.45) is 0. The van der Waals surface area contributed by atoms with E-state index in [9.17, 15) is 10.1 Å². The molecule has 0 fully saturated rings. The van der Waals surface area contributed by atoms with Gasteiger partial charge in [0.15, 0.2) is 11.5 Å². The standard InChI is InChI=1S/C8H4N4O3/c9-4-5-3-6(11-10-5)7-1-2-8(15-7)12(13)14/h1-3H,(H,10,11). The number of hydrogen-bond acceptors (Lipinski definition) is 5. The van der Waals surface area contributed by atoms with Gasteiger partial charge in [0.2, 0.25) is 0 Å². The van der Waals surface area contributed by atoms with Crippen LogP contribution in [0.15, 0.2) is 22.6 Å². The van der Waals surface area contributed by atoms with Crippen molar-refractivity contribution in [1.82, 2.24) is 10.2 Å². The molecule has 2 heterocycles. The lowest BCUT2D eigenvalue weighted by Gasteiger charge is -1.86. The lowest BCUT2D eigenvalue weighted by Crippen LogP contribution is -1.82. The molecule has 0 aliphatic heterocycles. The molecule has 7 nitrogen and oxygen atoms in total. The molecule has 0 amide bonds. The third-order valence-corrected chi connectivity index (χ3v) is 1.73. The van der Waals surface area contributed by atoms with Crippen molar-refractivity contribution in [2.75, 3.05) is 0 Å². The number of aromatic amines is 1. The van der Waals surface area contributed by atoms with E-state index in [1.54, 1.807) is 0 Å². The van der Waals surface area contributed by atoms with Crippen molar-refractivity contribution in [3.63, 3.8) is 0 Å². The third-order valence-electron chi connectivity index (χ3n) is 1.73. The maximum Gasteiger partial charge on any atom is 0.433 e. The van der Waals surface area contributed by atoms with Crippen LogP contribution in [0.3, 0.4) is 0 Å². The molecule has 0 radical (unpaired) electrons. The van der Waals surface area contributed by atoms with Gasteiger partial charge in [-0.15, -0.1) is 0 Å². The van der Waals surface area contributed by atoms with Crippen molar-refractivity contribution in [2.45, 2.75) is 0 Å². The summed E-state index contributed by atoms with van der Waals surface area (Å²) in [5.74, 6) is -0.0752. The van der Waals surface area contributed by atoms with Gasteiger partial charge in [-0.05, 0) is 6.07 Å². The van der Waals surface area contributed by atoms with Gasteiger partial charge in [0.1, 0.15) is 16.7 Å². The highest BCUT2D eigenvalue weighted by Gasteiger charge is 2.14. The van der Waals surface area contributed by atoms with Gasteiger partial charge < -0.3 is 4.42 Å². The largest absolute Gasteiger partial charge is 0.433 e. The minimum Gasteiger partial charge on any atom is -0.399 e. The Morgan fingerprint density at radius 1 is 1.60 bits per heavy atom. The molecule has 2 aromatic heterocycles. The number of furan rings is 1. The number of nitrogens with one attached hydrogen (secondary N) is 1. The molecule has 0 atom stereocenters. The van der Waals surface area contributed by atoms with E-state index < -0.39 is 4.92 Å². The van der Waals surface area contributed by atoms with E-state index in [-0.39, 0.29) is 17.3 Å². The van der Waals surface area contributed by atoms with Crippen LogP contribution in [0, 0.1) is 21.4 Å². The summed E-state index contributed by atoms with van der Waals surface area (Å²) < 4.78 is 4.91. The average molecular weight is 204 g/mol. The van der Waals surface area contributed by atoms with Gasteiger partial charge in [-0.2, -0.15) is 10.4 Å². The lowest BCUT2D eigenvalue weighted by atomic mass is 10.3. The normalized spacial score (nSPS) is 9.80. The predicted molar refractivity (Wildman–Crippen MR) is 47.7 cm³/mol. The zero-order valence-electron chi connectivity index (χ0n) is 7.30. The van der Waals surface area contributed by atoms with Gasteiger partial charge in [0, 0.05) is 6.07 Å². The minimum atomic E-state index is -0.634. The summed E-state index contributed by atoms with van der Waals surface area (Å²) in [5.41, 5.74) is 0.628. The Morgan fingerprint density at radius 3 is 2.93 bits per heavy atom. The van der Waals surface area contributed by atoms with Crippen LogP contribution in [-0.2, 0) is 0 Å². The van der Waals surface area contributed by atoms with Crippen molar-refractivity contribution < 1.29 is 9.34 Å². The van der Waals surface area contributed by atoms with Crippen LogP contribution < -0.4 is 0 Å². The molecular weight excluding hydrogens is 200 g/mol. The van der Waals surface area contributed by atoms with Crippen molar-refractivity contribution in [3.8, 4) is 17.5 Å². The van der Waals surface area contributed by atoms with Crippen molar-refractivity contribution in [2.24, 2.45) is 0 Å². The number of nitrogens with zero attached hydrogens (tertiary/aromatic N) is 3. The number of nitriles is 1. The summed E-state index contributed by atoms with van der Waals surface area (Å²) in [7, 11) is 0. The van der Waals surface area contributed by atoms with Gasteiger partial charge in [-0.3, -0.25) is 15.2 Å². The zero-order chi connectivity index (χ0) is 10.8. The quantitative estimate of drug-likeness (QED) is 0.588. The highest BCUT2D eigenvalue weighted by Crippen LogP contribution is 2.24. The Kier molecular flexibility index (Phi) is 1.95. The number of aromatic nitrogens is 2. The number of H-pyrrole nitrogens is 1. The second-order valence-electron chi connectivity index (χ2n) is 2.67. The first kappa shape index (κ1) is 8.96. The zero-order valence-corrected chi connectivity index (χ0v) is 7.30. The van der Waals surface area contributed by atoms with Crippen LogP contribution in [0.5, 0.6) is 0 Å². The van der Waals surface area contributed by atoms with E-state index in [0.29, 0.717) is 5.69 Å². The molecule has 0 spiro atoms. The van der Waals surface area contributed by atoms with Crippen LogP contribution >= 0.6 is 0 Å². The number of nitro groups is 1. The molecule has 0 unspecified atom stereocenters. The maximum absolute atomic E-state index is 10.3. The third kappa shape index (κ3) is 1.55. The Balaban J connectivity index is 2.38. The summed E-state index contributed by atoms with van der Waals surface area (Å²) in [6.45, 7) is 0. The second-order valence-corrected chi connectivity index (χ2v) is 2.67. The fourth-order valence-corrected chi connectivity index (χ4v) is 1.08. The van der Waals surface area contributed by atoms with Crippen LogP contribution in [0.25, 0.3) is 11.5 Å². The molecule has 74 valence electrons. The minimum absolute atomic E-state index is 0.198. The van der Waals surface area contributed by atoms with Gasteiger partial charge in [0.05, 0.1) is 6.07 Å². The summed E-state index contributed by atoms with van der Waals surface area (Å²) in [5, 5.41) is 25.0. The molecule has 0 aromatic carbocycles. The second kappa shape index (κ2) is 3.26. The molecule has 1 N–H and O–H groups in total. The first-order valence-electron chi connectivity index (χ1n) is 3.91. The fraction of sp³-hybridized carbons (Fsp3) is 0. The summed E-state index contributed by atoms with van der Waals surface area (Å²) in [6, 6.07) is 5.95. The molecule has 0 saturated heterocycles. The van der Waals surface area contributed by atoms with E-state index in [1.807, 2.05) is 6.07 Å². The van der Waals surface area contributed by atoms with Crippen LogP contribution in [0.4, 0.5) is 5.88 Å². The molecular formula is C8H4N4O3. The molecule has 0 aliphatic rings. The van der Waals surface area contributed by atoms with Crippen molar-refractivity contribution in [3.05, 3.63) is 34.0 Å². The smallest absolute Gasteiger partial charge is 0.399 e. The Labute approximate surface area is 83.1 Å². The SMILES string of the molecule is N#Cc1cc(-c2ccc([N+](=O)[O-])o2)[nH]n1. The molecule has 0 bridgehead atoms. The fourth-order valence-electron chi connectivity index (χ4n) is 1.08. The number of hydrogen-bond donors (Lipinski definition) is 1. The van der Waals surface area contributed by atoms with Gasteiger partial charge in [-0.25, -0.2) is 0 Å². The highest BCUT2D eigenvalue weighted by atomic mass is 16.6. The predicted octanol–water partition coefficient (Wildman–Crippen LogP) is 1.45. The van der Waals surface area contributed by atoms with E-state index in [2.05, 4.69) is 10.2 Å². The topological polar surface area (TPSA) is 109 Å². The summed E-state index contributed by atoms with van der Waals surface area (Å²) in [4.78, 5) is 9.71. The van der Waals surface area contributed by atoms with Crippen molar-refractivity contribution >= 4 is 5.88 Å². The van der Waals surface area contributed by atoms with Crippen LogP contribution in [0.2, 0.25) is 0 Å². The Bertz CT molecular complexity index is 548. The molecule has 0 aliphatic carbocycles. The molecule has 7 heteroatoms. The average Bonchev–Trinajstić information content (AvgIpc) is 2.86. The van der Waals surface area contributed by atoms with Gasteiger partial charge in [0.25, 0.3) is 0 Å². The van der Waals surface area contributed by atoms with E-state index in [4.69, 9.17) is 9.68 Å². The molecule has 2 rings (SSSR count). The van der Waals surface area contributed by atoms with Gasteiger partial charge in [-0.1, -0.05) is 0 Å². The Morgan fingerprint density at radius 2 is 2.40 bits per heavy atom. The lowest BCUT2D eigenvalue weighted by molar-refractivity contribution is -0.401. The monoisotopic (exact) mass is 204 g/mol. The first-order valence-corrected chi connectivity index (χ1v) is 3.91. The maximum atomic E-state index is 10.3. The first-order chi connectivity index (χ1) is 7.20. The molecule has 0 saturated carbocycles. The molecule has 2 aromatic rings.